The first-order chi connectivity index (χ1) is 26.3. The summed E-state index contributed by atoms with van der Waals surface area (Å²) in [5.41, 5.74) is 2.56. The number of piperidine rings is 1. The molecule has 0 bridgehead atoms. The predicted molar refractivity (Wildman–Crippen MR) is 201 cm³/mol. The van der Waals surface area contributed by atoms with Gasteiger partial charge >= 0.3 is 0 Å². The molecule has 3 fully saturated rings. The molecule has 0 aromatic heterocycles. The number of aromatic hydroxyl groups is 1. The van der Waals surface area contributed by atoms with Gasteiger partial charge in [0, 0.05) is 43.1 Å². The number of carbonyl (C=O) groups is 4. The van der Waals surface area contributed by atoms with E-state index in [2.05, 4.69) is 17.0 Å². The minimum Gasteiger partial charge on any atom is -0.505 e. The fourth-order valence-corrected chi connectivity index (χ4v) is 10.5. The SMILES string of the molecule is O=C1C(c2ccccc2)=CC(=O)[C@@]2(c3ccccc3)[C@@H](c3ccc(O)c(F)c3)C3=CC[C@@H]4C(=O)N(C5CCN(Cc6ccccc6)CC5)C(=O)[C@@H]4[C@@H]3C[C@@H]12. The summed E-state index contributed by atoms with van der Waals surface area (Å²) in [6.45, 7) is 2.34. The van der Waals surface area contributed by atoms with Crippen molar-refractivity contribution in [1.29, 1.82) is 0 Å². The molecule has 9 rings (SSSR count). The molecule has 6 atom stereocenters. The molecule has 2 heterocycles. The smallest absolute Gasteiger partial charge is 0.233 e. The van der Waals surface area contributed by atoms with Crippen molar-refractivity contribution in [2.75, 3.05) is 13.1 Å². The van der Waals surface area contributed by atoms with Crippen LogP contribution in [-0.4, -0.2) is 57.4 Å². The molecule has 3 aliphatic carbocycles. The van der Waals surface area contributed by atoms with Gasteiger partial charge in [-0.15, -0.1) is 0 Å². The van der Waals surface area contributed by atoms with E-state index in [1.807, 2.05) is 84.9 Å². The van der Waals surface area contributed by atoms with E-state index < -0.39 is 46.6 Å². The van der Waals surface area contributed by atoms with Crippen molar-refractivity contribution >= 4 is 29.0 Å². The van der Waals surface area contributed by atoms with Gasteiger partial charge in [0.05, 0.1) is 17.3 Å². The van der Waals surface area contributed by atoms with Crippen molar-refractivity contribution in [3.8, 4) is 5.75 Å². The van der Waals surface area contributed by atoms with Crippen LogP contribution < -0.4 is 0 Å². The standard InChI is InChI=1S/C46H41FN2O5/c47-38-24-30(16-19-39(38)50)42-33-17-18-34-41(45(54)49(44(34)53)32-20-22-48(23-21-32)27-28-10-4-1-5-11-28)36(33)25-37-43(52)35(29-12-6-2-7-13-29)26-40(51)46(37,42)31-14-8-3-9-15-31/h1-17,19,24,26,32,34,36-37,41-42,50H,18,20-23,25,27H2/t34-,36+,37-,41-,42-,46-/m0/s1. The number of hydrogen-bond donors (Lipinski definition) is 1. The highest BCUT2D eigenvalue weighted by Crippen LogP contribution is 2.64. The van der Waals surface area contributed by atoms with E-state index in [9.17, 15) is 14.7 Å². The van der Waals surface area contributed by atoms with Gasteiger partial charge in [-0.1, -0.05) is 109 Å². The lowest BCUT2D eigenvalue weighted by Gasteiger charge is -2.55. The zero-order valence-electron chi connectivity index (χ0n) is 29.8. The Morgan fingerprint density at radius 1 is 0.778 bits per heavy atom. The van der Waals surface area contributed by atoms with Crippen LogP contribution in [-0.2, 0) is 31.1 Å². The number of phenolic OH excluding ortho intramolecular Hbond substituents is 1. The van der Waals surface area contributed by atoms with Gasteiger partial charge in [-0.3, -0.25) is 29.0 Å². The van der Waals surface area contributed by atoms with Crippen molar-refractivity contribution in [1.82, 2.24) is 9.80 Å². The summed E-state index contributed by atoms with van der Waals surface area (Å²) < 4.78 is 15.4. The normalized spacial score (nSPS) is 28.6. The predicted octanol–water partition coefficient (Wildman–Crippen LogP) is 7.02. The van der Waals surface area contributed by atoms with Crippen molar-refractivity contribution < 1.29 is 28.7 Å². The van der Waals surface area contributed by atoms with Crippen LogP contribution in [0.2, 0.25) is 0 Å². The number of allylic oxidation sites excluding steroid dienone is 4. The molecule has 2 amide bonds. The third kappa shape index (κ3) is 5.33. The van der Waals surface area contributed by atoms with Gasteiger partial charge in [0.15, 0.2) is 23.1 Å². The molecule has 54 heavy (non-hydrogen) atoms. The Morgan fingerprint density at radius 2 is 1.44 bits per heavy atom. The third-order valence-electron chi connectivity index (χ3n) is 12.9. The highest BCUT2D eigenvalue weighted by Gasteiger charge is 2.66. The molecule has 5 aliphatic rings. The molecule has 4 aromatic carbocycles. The second-order valence-electron chi connectivity index (χ2n) is 15.5. The topological polar surface area (TPSA) is 95.0 Å². The van der Waals surface area contributed by atoms with Crippen LogP contribution in [0.25, 0.3) is 5.57 Å². The number of imide groups is 1. The molecule has 272 valence electrons. The Morgan fingerprint density at radius 3 is 2.13 bits per heavy atom. The van der Waals surface area contributed by atoms with E-state index >= 15 is 14.0 Å². The molecule has 0 unspecified atom stereocenters. The fourth-order valence-electron chi connectivity index (χ4n) is 10.5. The minimum absolute atomic E-state index is 0.162. The Bertz CT molecular complexity index is 2210. The number of rotatable bonds is 6. The number of ketones is 2. The number of hydrogen-bond acceptors (Lipinski definition) is 6. The highest BCUT2D eigenvalue weighted by molar-refractivity contribution is 6.31. The molecule has 0 radical (unpaired) electrons. The van der Waals surface area contributed by atoms with Gasteiger partial charge in [-0.2, -0.15) is 0 Å². The van der Waals surface area contributed by atoms with Crippen LogP contribution in [0.5, 0.6) is 5.75 Å². The number of halogens is 1. The largest absolute Gasteiger partial charge is 0.505 e. The maximum absolute atomic E-state index is 15.4. The number of likely N-dealkylation sites (tertiary alicyclic amines) is 2. The average molecular weight is 721 g/mol. The number of carbonyl (C=O) groups excluding carboxylic acids is 4. The minimum atomic E-state index is -1.45. The molecular formula is C46H41FN2O5. The van der Waals surface area contributed by atoms with Crippen molar-refractivity contribution in [3.63, 3.8) is 0 Å². The number of Topliss-reactive ketones (excluding diaryl/α,β-unsaturated/α-hetero) is 1. The monoisotopic (exact) mass is 720 g/mol. The first-order valence-electron chi connectivity index (χ1n) is 19.0. The molecule has 2 aliphatic heterocycles. The first-order valence-corrected chi connectivity index (χ1v) is 19.0. The molecule has 2 saturated heterocycles. The van der Waals surface area contributed by atoms with E-state index in [1.165, 1.54) is 28.7 Å². The van der Waals surface area contributed by atoms with E-state index in [4.69, 9.17) is 0 Å². The van der Waals surface area contributed by atoms with Crippen LogP contribution >= 0.6 is 0 Å². The van der Waals surface area contributed by atoms with E-state index in [1.54, 1.807) is 6.07 Å². The number of benzene rings is 4. The molecule has 8 heteroatoms. The third-order valence-corrected chi connectivity index (χ3v) is 12.9. The average Bonchev–Trinajstić information content (AvgIpc) is 3.46. The second-order valence-corrected chi connectivity index (χ2v) is 15.5. The van der Waals surface area contributed by atoms with Gasteiger partial charge in [0.1, 0.15) is 0 Å². The van der Waals surface area contributed by atoms with Crippen LogP contribution in [0.4, 0.5) is 4.39 Å². The quantitative estimate of drug-likeness (QED) is 0.170. The van der Waals surface area contributed by atoms with Crippen LogP contribution in [0, 0.1) is 29.5 Å². The van der Waals surface area contributed by atoms with E-state index in [0.717, 1.165) is 25.2 Å². The van der Waals surface area contributed by atoms with Crippen LogP contribution in [0.3, 0.4) is 0 Å². The molecule has 1 N–H and O–H groups in total. The van der Waals surface area contributed by atoms with Gasteiger partial charge in [0.25, 0.3) is 0 Å². The Kier molecular flexibility index (Phi) is 8.53. The molecule has 4 aromatic rings. The maximum atomic E-state index is 15.4. The second kappa shape index (κ2) is 13.4. The molecule has 1 saturated carbocycles. The summed E-state index contributed by atoms with van der Waals surface area (Å²) >= 11 is 0. The lowest BCUT2D eigenvalue weighted by atomic mass is 9.44. The van der Waals surface area contributed by atoms with Gasteiger partial charge < -0.3 is 5.11 Å². The Hall–Kier alpha value is -5.47. The summed E-state index contributed by atoms with van der Waals surface area (Å²) in [6.07, 6.45) is 5.31. The summed E-state index contributed by atoms with van der Waals surface area (Å²) in [5, 5.41) is 10.3. The van der Waals surface area contributed by atoms with E-state index in [-0.39, 0.29) is 35.8 Å². The molecule has 7 nitrogen and oxygen atoms in total. The summed E-state index contributed by atoms with van der Waals surface area (Å²) in [7, 11) is 0. The molecular weight excluding hydrogens is 680 g/mol. The van der Waals surface area contributed by atoms with Crippen LogP contribution in [0.15, 0.2) is 127 Å². The summed E-state index contributed by atoms with van der Waals surface area (Å²) in [4.78, 5) is 63.1. The zero-order chi connectivity index (χ0) is 37.1. The number of fused-ring (bicyclic) bond motifs is 4. The highest BCUT2D eigenvalue weighted by atomic mass is 19.1. The molecule has 0 spiro atoms. The van der Waals surface area contributed by atoms with Gasteiger partial charge in [0.2, 0.25) is 11.8 Å². The van der Waals surface area contributed by atoms with Gasteiger partial charge in [-0.25, -0.2) is 4.39 Å². The maximum Gasteiger partial charge on any atom is 0.233 e. The van der Waals surface area contributed by atoms with E-state index in [0.29, 0.717) is 41.5 Å². The number of nitrogens with zero attached hydrogens (tertiary/aromatic N) is 2. The van der Waals surface area contributed by atoms with Crippen LogP contribution in [0.1, 0.15) is 53.9 Å². The van der Waals surface area contributed by atoms with Crippen molar-refractivity contribution in [2.24, 2.45) is 23.7 Å². The van der Waals surface area contributed by atoms with Crippen molar-refractivity contribution in [2.45, 2.75) is 49.6 Å². The number of phenols is 1. The lowest BCUT2D eigenvalue weighted by Crippen LogP contribution is -2.59. The summed E-state index contributed by atoms with van der Waals surface area (Å²) in [5.74, 6) is -5.76. The summed E-state index contributed by atoms with van der Waals surface area (Å²) in [6, 6.07) is 32.6. The zero-order valence-corrected chi connectivity index (χ0v) is 29.8. The Labute approximate surface area is 313 Å². The lowest BCUT2D eigenvalue weighted by molar-refractivity contribution is -0.144. The Balaban J connectivity index is 1.13. The number of amides is 2. The van der Waals surface area contributed by atoms with Gasteiger partial charge in [-0.05, 0) is 72.1 Å². The van der Waals surface area contributed by atoms with Crippen molar-refractivity contribution in [3.05, 3.63) is 155 Å². The fraction of sp³-hybridized carbons (Fsp3) is 0.304. The first kappa shape index (κ1) is 34.3.